The van der Waals surface area contributed by atoms with E-state index in [1.165, 1.54) is 0 Å². The molecule has 78 valence electrons. The van der Waals surface area contributed by atoms with Crippen LogP contribution in [0.25, 0.3) is 0 Å². The smallest absolute Gasteiger partial charge is 0.162 e. The van der Waals surface area contributed by atoms with Crippen LogP contribution in [0.5, 0.6) is 0 Å². The summed E-state index contributed by atoms with van der Waals surface area (Å²) in [6.07, 6.45) is 0.588. The van der Waals surface area contributed by atoms with Crippen molar-refractivity contribution >= 4 is 5.78 Å². The molecule has 0 fully saturated rings. The number of Topliss-reactive ketones (excluding diaryl/α,β-unsaturated/α-hetero) is 1. The highest BCUT2D eigenvalue weighted by molar-refractivity contribution is 5.97. The topological polar surface area (TPSA) is 17.1 Å². The SMILES string of the molecule is CC.CCC(=O)c1cc(C)ccc1C. The summed E-state index contributed by atoms with van der Waals surface area (Å²) in [5.41, 5.74) is 3.10. The second-order valence-corrected chi connectivity index (χ2v) is 3.10. The van der Waals surface area contributed by atoms with Gasteiger partial charge in [0.05, 0.1) is 0 Å². The maximum Gasteiger partial charge on any atom is 0.162 e. The number of ketones is 1. The Morgan fingerprint density at radius 1 is 1.21 bits per heavy atom. The van der Waals surface area contributed by atoms with Gasteiger partial charge in [-0.3, -0.25) is 4.79 Å². The standard InChI is InChI=1S/C11H14O.C2H6/c1-4-11(12)10-7-8(2)5-6-9(10)3;1-2/h5-7H,4H2,1-3H3;1-2H3. The van der Waals surface area contributed by atoms with Crippen molar-refractivity contribution in [2.75, 3.05) is 0 Å². The van der Waals surface area contributed by atoms with Gasteiger partial charge in [0.2, 0.25) is 0 Å². The van der Waals surface area contributed by atoms with Gasteiger partial charge in [-0.25, -0.2) is 0 Å². The zero-order valence-corrected chi connectivity index (χ0v) is 9.85. The quantitative estimate of drug-likeness (QED) is 0.649. The third-order valence-corrected chi connectivity index (χ3v) is 2.01. The van der Waals surface area contributed by atoms with E-state index < -0.39 is 0 Å². The van der Waals surface area contributed by atoms with Crippen molar-refractivity contribution in [3.8, 4) is 0 Å². The minimum atomic E-state index is 0.233. The van der Waals surface area contributed by atoms with Crippen molar-refractivity contribution in [1.29, 1.82) is 0 Å². The second kappa shape index (κ2) is 6.36. The highest BCUT2D eigenvalue weighted by Gasteiger charge is 2.05. The lowest BCUT2D eigenvalue weighted by molar-refractivity contribution is 0.0987. The van der Waals surface area contributed by atoms with Gasteiger partial charge in [0.25, 0.3) is 0 Å². The molecule has 0 unspecified atom stereocenters. The molecule has 1 aromatic carbocycles. The molecule has 0 saturated heterocycles. The van der Waals surface area contributed by atoms with Crippen LogP contribution in [0.15, 0.2) is 18.2 Å². The molecule has 1 aromatic rings. The van der Waals surface area contributed by atoms with Crippen molar-refractivity contribution in [1.82, 2.24) is 0 Å². The number of aryl methyl sites for hydroxylation is 2. The van der Waals surface area contributed by atoms with E-state index in [0.717, 1.165) is 16.7 Å². The Morgan fingerprint density at radius 3 is 2.29 bits per heavy atom. The van der Waals surface area contributed by atoms with Gasteiger partial charge in [-0.15, -0.1) is 0 Å². The van der Waals surface area contributed by atoms with Gasteiger partial charge in [-0.05, 0) is 25.5 Å². The molecule has 1 heteroatoms. The van der Waals surface area contributed by atoms with Crippen LogP contribution in [-0.4, -0.2) is 5.78 Å². The van der Waals surface area contributed by atoms with E-state index in [-0.39, 0.29) is 5.78 Å². The van der Waals surface area contributed by atoms with E-state index in [0.29, 0.717) is 6.42 Å². The Hall–Kier alpha value is -1.11. The van der Waals surface area contributed by atoms with Gasteiger partial charge in [-0.2, -0.15) is 0 Å². The number of rotatable bonds is 2. The Labute approximate surface area is 87.2 Å². The molecule has 1 nitrogen and oxygen atoms in total. The molecular formula is C13H20O. The first-order valence-corrected chi connectivity index (χ1v) is 5.25. The van der Waals surface area contributed by atoms with Crippen LogP contribution in [0.4, 0.5) is 0 Å². The van der Waals surface area contributed by atoms with Crippen LogP contribution < -0.4 is 0 Å². The first kappa shape index (κ1) is 12.9. The zero-order valence-electron chi connectivity index (χ0n) is 9.85. The average Bonchev–Trinajstić information content (AvgIpc) is 2.23. The van der Waals surface area contributed by atoms with Crippen LogP contribution in [0.2, 0.25) is 0 Å². The largest absolute Gasteiger partial charge is 0.294 e. The molecule has 0 heterocycles. The van der Waals surface area contributed by atoms with Gasteiger partial charge in [-0.1, -0.05) is 38.5 Å². The lowest BCUT2D eigenvalue weighted by Crippen LogP contribution is -1.99. The summed E-state index contributed by atoms with van der Waals surface area (Å²) in [5, 5.41) is 0. The van der Waals surface area contributed by atoms with Crippen LogP contribution >= 0.6 is 0 Å². The molecule has 0 saturated carbocycles. The number of carbonyl (C=O) groups excluding carboxylic acids is 1. The average molecular weight is 192 g/mol. The van der Waals surface area contributed by atoms with Crippen LogP contribution in [0.3, 0.4) is 0 Å². The fraction of sp³-hybridized carbons (Fsp3) is 0.462. The third-order valence-electron chi connectivity index (χ3n) is 2.01. The maximum absolute atomic E-state index is 11.4. The second-order valence-electron chi connectivity index (χ2n) is 3.10. The van der Waals surface area contributed by atoms with E-state index >= 15 is 0 Å². The molecule has 0 amide bonds. The Balaban J connectivity index is 0.000000791. The highest BCUT2D eigenvalue weighted by Crippen LogP contribution is 2.12. The number of benzene rings is 1. The molecule has 14 heavy (non-hydrogen) atoms. The predicted molar refractivity (Wildman–Crippen MR) is 61.9 cm³/mol. The molecule has 0 aliphatic rings. The zero-order chi connectivity index (χ0) is 11.1. The summed E-state index contributed by atoms with van der Waals surface area (Å²) in [5.74, 6) is 0.233. The lowest BCUT2D eigenvalue weighted by Gasteiger charge is -2.03. The molecule has 0 aliphatic carbocycles. The van der Waals surface area contributed by atoms with Crippen molar-refractivity contribution in [2.24, 2.45) is 0 Å². The molecule has 0 bridgehead atoms. The highest BCUT2D eigenvalue weighted by atomic mass is 16.1. The van der Waals surface area contributed by atoms with Crippen molar-refractivity contribution in [3.63, 3.8) is 0 Å². The molecule has 1 rings (SSSR count). The van der Waals surface area contributed by atoms with Gasteiger partial charge >= 0.3 is 0 Å². The molecule has 0 spiro atoms. The van der Waals surface area contributed by atoms with Crippen LogP contribution in [0.1, 0.15) is 48.7 Å². The monoisotopic (exact) mass is 192 g/mol. The summed E-state index contributed by atoms with van der Waals surface area (Å²) in [6.45, 7) is 9.87. The Kier molecular flexibility index (Phi) is 5.86. The van der Waals surface area contributed by atoms with E-state index in [1.54, 1.807) is 0 Å². The first-order valence-electron chi connectivity index (χ1n) is 5.25. The number of hydrogen-bond acceptors (Lipinski definition) is 1. The van der Waals surface area contributed by atoms with E-state index in [1.807, 2.05) is 52.8 Å². The van der Waals surface area contributed by atoms with Gasteiger partial charge in [0.15, 0.2) is 5.78 Å². The Morgan fingerprint density at radius 2 is 1.79 bits per heavy atom. The summed E-state index contributed by atoms with van der Waals surface area (Å²) in [7, 11) is 0. The number of carbonyl (C=O) groups is 1. The molecular weight excluding hydrogens is 172 g/mol. The first-order chi connectivity index (χ1) is 6.65. The summed E-state index contributed by atoms with van der Waals surface area (Å²) in [4.78, 5) is 11.4. The molecule has 0 radical (unpaired) electrons. The molecule has 0 N–H and O–H groups in total. The summed E-state index contributed by atoms with van der Waals surface area (Å²) in [6, 6.07) is 5.99. The fourth-order valence-corrected chi connectivity index (χ4v) is 1.23. The normalized spacial score (nSPS) is 8.93. The lowest BCUT2D eigenvalue weighted by atomic mass is 10.0. The van der Waals surface area contributed by atoms with Gasteiger partial charge < -0.3 is 0 Å². The van der Waals surface area contributed by atoms with Crippen molar-refractivity contribution in [2.45, 2.75) is 41.0 Å². The van der Waals surface area contributed by atoms with Gasteiger partial charge in [0.1, 0.15) is 0 Å². The Bertz CT molecular complexity index is 300. The number of hydrogen-bond donors (Lipinski definition) is 0. The van der Waals surface area contributed by atoms with Crippen molar-refractivity contribution in [3.05, 3.63) is 34.9 Å². The van der Waals surface area contributed by atoms with Crippen LogP contribution in [-0.2, 0) is 0 Å². The molecule has 0 aromatic heterocycles. The minimum absolute atomic E-state index is 0.233. The fourth-order valence-electron chi connectivity index (χ4n) is 1.23. The van der Waals surface area contributed by atoms with Crippen LogP contribution in [0, 0.1) is 13.8 Å². The predicted octanol–water partition coefficient (Wildman–Crippen LogP) is 3.92. The van der Waals surface area contributed by atoms with E-state index in [4.69, 9.17) is 0 Å². The summed E-state index contributed by atoms with van der Waals surface area (Å²) >= 11 is 0. The van der Waals surface area contributed by atoms with E-state index in [2.05, 4.69) is 0 Å². The molecule has 0 atom stereocenters. The summed E-state index contributed by atoms with van der Waals surface area (Å²) < 4.78 is 0. The molecule has 0 aliphatic heterocycles. The van der Waals surface area contributed by atoms with Crippen molar-refractivity contribution < 1.29 is 4.79 Å². The van der Waals surface area contributed by atoms with E-state index in [9.17, 15) is 4.79 Å². The third kappa shape index (κ3) is 3.33. The van der Waals surface area contributed by atoms with Gasteiger partial charge in [0, 0.05) is 12.0 Å². The maximum atomic E-state index is 11.4. The minimum Gasteiger partial charge on any atom is -0.294 e.